The van der Waals surface area contributed by atoms with Crippen molar-refractivity contribution in [3.8, 4) is 5.75 Å². The number of carbonyl (C=O) groups is 1. The lowest BCUT2D eigenvalue weighted by molar-refractivity contribution is -0.129. The van der Waals surface area contributed by atoms with Gasteiger partial charge in [0.05, 0.1) is 13.2 Å². The molecule has 0 bridgehead atoms. The molecule has 0 aromatic heterocycles. The third-order valence-electron chi connectivity index (χ3n) is 4.96. The molecule has 0 spiro atoms. The highest BCUT2D eigenvalue weighted by molar-refractivity contribution is 5.81. The van der Waals surface area contributed by atoms with E-state index in [4.69, 9.17) is 4.74 Å². The molecule has 0 saturated carbocycles. The molecule has 2 aromatic carbocycles. The van der Waals surface area contributed by atoms with Crippen LogP contribution in [-0.4, -0.2) is 37.0 Å². The average molecular weight is 367 g/mol. The molecule has 144 valence electrons. The molecule has 1 N–H and O–H groups in total. The van der Waals surface area contributed by atoms with E-state index in [0.29, 0.717) is 13.2 Å². The summed E-state index contributed by atoms with van der Waals surface area (Å²) in [6.45, 7) is 2.82. The fourth-order valence-corrected chi connectivity index (χ4v) is 3.42. The number of ether oxygens (including phenoxy) is 1. The molecule has 1 fully saturated rings. The second-order valence-electron chi connectivity index (χ2n) is 7.11. The Bertz CT molecular complexity index is 695. The average Bonchev–Trinajstić information content (AvgIpc) is 3.00. The van der Waals surface area contributed by atoms with Crippen LogP contribution in [0.15, 0.2) is 54.6 Å². The lowest BCUT2D eigenvalue weighted by Crippen LogP contribution is -2.36. The number of amides is 1. The van der Waals surface area contributed by atoms with Crippen LogP contribution in [0.2, 0.25) is 0 Å². The van der Waals surface area contributed by atoms with Crippen molar-refractivity contribution in [3.63, 3.8) is 0 Å². The normalized spacial score (nSPS) is 14.4. The van der Waals surface area contributed by atoms with Gasteiger partial charge in [0.25, 0.3) is 0 Å². The predicted molar refractivity (Wildman–Crippen MR) is 110 cm³/mol. The van der Waals surface area contributed by atoms with Crippen molar-refractivity contribution < 1.29 is 9.53 Å². The predicted octanol–water partition coefficient (Wildman–Crippen LogP) is 4.51. The van der Waals surface area contributed by atoms with E-state index >= 15 is 0 Å². The maximum absolute atomic E-state index is 12.4. The van der Waals surface area contributed by atoms with E-state index in [1.807, 2.05) is 35.2 Å². The molecule has 1 saturated heterocycles. The van der Waals surface area contributed by atoms with Crippen LogP contribution in [0.3, 0.4) is 0 Å². The van der Waals surface area contributed by atoms with Crippen molar-refractivity contribution >= 4 is 11.6 Å². The molecular formula is C23H30N2O2. The standard InChI is InChI=1S/C23H30N2O2/c26-23(25-15-6-1-2-7-16-25)19-24-21-13-8-14-22(18-21)27-17-9-12-20-10-4-3-5-11-20/h3-5,8,10-11,13-14,18,24H,1-2,6-7,9,12,15-17,19H2. The second kappa shape index (κ2) is 10.6. The monoisotopic (exact) mass is 366 g/mol. The van der Waals surface area contributed by atoms with Crippen LogP contribution in [0.5, 0.6) is 5.75 Å². The van der Waals surface area contributed by atoms with Gasteiger partial charge in [-0.2, -0.15) is 0 Å². The van der Waals surface area contributed by atoms with Crippen LogP contribution in [0.1, 0.15) is 37.7 Å². The van der Waals surface area contributed by atoms with Gasteiger partial charge in [-0.15, -0.1) is 0 Å². The van der Waals surface area contributed by atoms with Crippen molar-refractivity contribution in [2.75, 3.05) is 31.6 Å². The summed E-state index contributed by atoms with van der Waals surface area (Å²) in [6, 6.07) is 18.3. The summed E-state index contributed by atoms with van der Waals surface area (Å²) in [5, 5.41) is 3.25. The number of anilines is 1. The van der Waals surface area contributed by atoms with Gasteiger partial charge in [-0.3, -0.25) is 4.79 Å². The summed E-state index contributed by atoms with van der Waals surface area (Å²) in [5.74, 6) is 1.03. The van der Waals surface area contributed by atoms with Crippen molar-refractivity contribution in [3.05, 3.63) is 60.2 Å². The Hall–Kier alpha value is -2.49. The van der Waals surface area contributed by atoms with E-state index in [1.54, 1.807) is 0 Å². The number of benzene rings is 2. The van der Waals surface area contributed by atoms with E-state index in [0.717, 1.165) is 50.2 Å². The molecule has 0 unspecified atom stereocenters. The molecule has 1 amide bonds. The number of carbonyl (C=O) groups excluding carboxylic acids is 1. The zero-order valence-corrected chi connectivity index (χ0v) is 16.0. The Morgan fingerprint density at radius 1 is 0.963 bits per heavy atom. The minimum Gasteiger partial charge on any atom is -0.494 e. The smallest absolute Gasteiger partial charge is 0.241 e. The number of likely N-dealkylation sites (tertiary alicyclic amines) is 1. The molecule has 27 heavy (non-hydrogen) atoms. The van der Waals surface area contributed by atoms with Gasteiger partial charge >= 0.3 is 0 Å². The topological polar surface area (TPSA) is 41.6 Å². The van der Waals surface area contributed by atoms with Gasteiger partial charge < -0.3 is 15.0 Å². The lowest BCUT2D eigenvalue weighted by Gasteiger charge is -2.20. The first-order valence-corrected chi connectivity index (χ1v) is 10.1. The van der Waals surface area contributed by atoms with Gasteiger partial charge in [0, 0.05) is 24.8 Å². The third-order valence-corrected chi connectivity index (χ3v) is 4.96. The zero-order valence-electron chi connectivity index (χ0n) is 16.0. The van der Waals surface area contributed by atoms with Crippen LogP contribution in [0.4, 0.5) is 5.69 Å². The third kappa shape index (κ3) is 6.63. The molecule has 0 aliphatic carbocycles. The summed E-state index contributed by atoms with van der Waals surface area (Å²) < 4.78 is 5.87. The minimum atomic E-state index is 0.186. The Labute approximate surface area is 162 Å². The van der Waals surface area contributed by atoms with E-state index < -0.39 is 0 Å². The minimum absolute atomic E-state index is 0.186. The number of nitrogens with one attached hydrogen (secondary N) is 1. The maximum Gasteiger partial charge on any atom is 0.241 e. The van der Waals surface area contributed by atoms with Gasteiger partial charge in [0.15, 0.2) is 0 Å². The Kier molecular flexibility index (Phi) is 7.57. The summed E-state index contributed by atoms with van der Waals surface area (Å²) in [6.07, 6.45) is 6.72. The molecular weight excluding hydrogens is 336 g/mol. The van der Waals surface area contributed by atoms with Crippen molar-refractivity contribution in [1.82, 2.24) is 4.90 Å². The number of hydrogen-bond acceptors (Lipinski definition) is 3. The van der Waals surface area contributed by atoms with Gasteiger partial charge in [-0.25, -0.2) is 0 Å². The number of hydrogen-bond donors (Lipinski definition) is 1. The summed E-state index contributed by atoms with van der Waals surface area (Å²) in [5.41, 5.74) is 2.27. The number of rotatable bonds is 8. The molecule has 0 radical (unpaired) electrons. The van der Waals surface area contributed by atoms with Crippen molar-refractivity contribution in [1.29, 1.82) is 0 Å². The molecule has 1 aliphatic rings. The van der Waals surface area contributed by atoms with Crippen LogP contribution in [0, 0.1) is 0 Å². The first-order valence-electron chi connectivity index (χ1n) is 10.1. The summed E-state index contributed by atoms with van der Waals surface area (Å²) in [4.78, 5) is 14.4. The van der Waals surface area contributed by atoms with E-state index in [2.05, 4.69) is 29.6 Å². The number of nitrogens with zero attached hydrogens (tertiary/aromatic N) is 1. The van der Waals surface area contributed by atoms with Crippen LogP contribution < -0.4 is 10.1 Å². The van der Waals surface area contributed by atoms with E-state index in [9.17, 15) is 4.79 Å². The highest BCUT2D eigenvalue weighted by atomic mass is 16.5. The molecule has 1 heterocycles. The Morgan fingerprint density at radius 2 is 1.74 bits per heavy atom. The van der Waals surface area contributed by atoms with Gasteiger partial charge in [0.1, 0.15) is 5.75 Å². The molecule has 0 atom stereocenters. The van der Waals surface area contributed by atoms with Crippen molar-refractivity contribution in [2.24, 2.45) is 0 Å². The summed E-state index contributed by atoms with van der Waals surface area (Å²) in [7, 11) is 0. The zero-order chi connectivity index (χ0) is 18.7. The molecule has 4 heteroatoms. The highest BCUT2D eigenvalue weighted by Crippen LogP contribution is 2.18. The molecule has 2 aromatic rings. The maximum atomic E-state index is 12.4. The molecule has 1 aliphatic heterocycles. The van der Waals surface area contributed by atoms with Gasteiger partial charge in [0.2, 0.25) is 5.91 Å². The summed E-state index contributed by atoms with van der Waals surface area (Å²) >= 11 is 0. The van der Waals surface area contributed by atoms with E-state index in [-0.39, 0.29) is 5.91 Å². The van der Waals surface area contributed by atoms with Gasteiger partial charge in [-0.05, 0) is 43.4 Å². The highest BCUT2D eigenvalue weighted by Gasteiger charge is 2.14. The quantitative estimate of drug-likeness (QED) is 0.699. The van der Waals surface area contributed by atoms with E-state index in [1.165, 1.54) is 18.4 Å². The van der Waals surface area contributed by atoms with Crippen LogP contribution >= 0.6 is 0 Å². The SMILES string of the molecule is O=C(CNc1cccc(OCCCc2ccccc2)c1)N1CCCCCC1. The first-order chi connectivity index (χ1) is 13.3. The largest absolute Gasteiger partial charge is 0.494 e. The van der Waals surface area contributed by atoms with Gasteiger partial charge in [-0.1, -0.05) is 49.2 Å². The van der Waals surface area contributed by atoms with Crippen LogP contribution in [-0.2, 0) is 11.2 Å². The molecule has 3 rings (SSSR count). The first kappa shape index (κ1) is 19.3. The number of aryl methyl sites for hydroxylation is 1. The molecule has 4 nitrogen and oxygen atoms in total. The fourth-order valence-electron chi connectivity index (χ4n) is 3.42. The van der Waals surface area contributed by atoms with Crippen LogP contribution in [0.25, 0.3) is 0 Å². The fraction of sp³-hybridized carbons (Fsp3) is 0.435. The Morgan fingerprint density at radius 3 is 2.52 bits per heavy atom. The second-order valence-corrected chi connectivity index (χ2v) is 7.11. The lowest BCUT2D eigenvalue weighted by atomic mass is 10.1. The van der Waals surface area contributed by atoms with Crippen molar-refractivity contribution in [2.45, 2.75) is 38.5 Å². The Balaban J connectivity index is 1.40.